The van der Waals surface area contributed by atoms with Crippen LogP contribution in [0.5, 0.6) is 0 Å². The average Bonchev–Trinajstić information content (AvgIpc) is 2.46. The molecule has 0 fully saturated rings. The van der Waals surface area contributed by atoms with Gasteiger partial charge in [0.15, 0.2) is 6.61 Å². The van der Waals surface area contributed by atoms with Crippen molar-refractivity contribution in [1.82, 2.24) is 0 Å². The van der Waals surface area contributed by atoms with Gasteiger partial charge in [-0.25, -0.2) is 8.78 Å². The van der Waals surface area contributed by atoms with Crippen LogP contribution in [0.25, 0.3) is 0 Å². The van der Waals surface area contributed by atoms with Crippen LogP contribution in [0.2, 0.25) is 0 Å². The topological polar surface area (TPSA) is 50.7 Å². The van der Waals surface area contributed by atoms with E-state index in [0.29, 0.717) is 11.3 Å². The number of hydrogen-bond acceptors (Lipinski definition) is 3. The van der Waals surface area contributed by atoms with E-state index in [4.69, 9.17) is 4.84 Å². The van der Waals surface area contributed by atoms with E-state index >= 15 is 0 Å². The Morgan fingerprint density at radius 2 is 1.90 bits per heavy atom. The maximum Gasteiger partial charge on any atom is 0.265 e. The zero-order valence-corrected chi connectivity index (χ0v) is 10.9. The summed E-state index contributed by atoms with van der Waals surface area (Å²) in [6.45, 7) is -0.302. The zero-order valence-electron chi connectivity index (χ0n) is 10.9. The fraction of sp³-hybridized carbons (Fsp3) is 0.0667. The monoisotopic (exact) mass is 290 g/mol. The Hall–Kier alpha value is -2.76. The standard InChI is InChI=1S/C15H12F2N2O2/c16-12-4-6-14(7-5-12)19-15(20)10-21-18-9-11-2-1-3-13(17)8-11/h1-9H,10H2,(H,19,20)/b18-9-. The minimum atomic E-state index is -0.432. The van der Waals surface area contributed by atoms with E-state index in [1.54, 1.807) is 6.07 Å². The first kappa shape index (κ1) is 14.6. The van der Waals surface area contributed by atoms with Crippen molar-refractivity contribution in [3.05, 3.63) is 65.7 Å². The lowest BCUT2D eigenvalue weighted by atomic mass is 10.2. The zero-order chi connectivity index (χ0) is 15.1. The van der Waals surface area contributed by atoms with Crippen LogP contribution in [0.3, 0.4) is 0 Å². The largest absolute Gasteiger partial charge is 0.386 e. The molecule has 0 saturated heterocycles. The predicted octanol–water partition coefficient (Wildman–Crippen LogP) is 2.95. The first-order valence-electron chi connectivity index (χ1n) is 6.10. The first-order valence-corrected chi connectivity index (χ1v) is 6.10. The highest BCUT2D eigenvalue weighted by molar-refractivity contribution is 5.91. The van der Waals surface area contributed by atoms with Gasteiger partial charge in [0.25, 0.3) is 5.91 Å². The summed E-state index contributed by atoms with van der Waals surface area (Å²) in [6.07, 6.45) is 1.30. The molecule has 21 heavy (non-hydrogen) atoms. The number of oxime groups is 1. The summed E-state index contributed by atoms with van der Waals surface area (Å²) in [5, 5.41) is 6.08. The second-order valence-corrected chi connectivity index (χ2v) is 4.12. The molecule has 0 radical (unpaired) electrons. The maximum atomic E-state index is 12.9. The molecule has 108 valence electrons. The summed E-state index contributed by atoms with van der Waals surface area (Å²) in [5.74, 6) is -1.20. The molecule has 0 unspecified atom stereocenters. The molecule has 2 rings (SSSR count). The molecule has 0 saturated carbocycles. The number of rotatable bonds is 5. The quantitative estimate of drug-likeness (QED) is 0.680. The Morgan fingerprint density at radius 1 is 1.14 bits per heavy atom. The first-order chi connectivity index (χ1) is 10.1. The second-order valence-electron chi connectivity index (χ2n) is 4.12. The van der Waals surface area contributed by atoms with Gasteiger partial charge in [-0.1, -0.05) is 17.3 Å². The van der Waals surface area contributed by atoms with E-state index < -0.39 is 5.91 Å². The minimum Gasteiger partial charge on any atom is -0.386 e. The van der Waals surface area contributed by atoms with Crippen molar-refractivity contribution in [2.24, 2.45) is 5.16 Å². The molecule has 1 amide bonds. The Balaban J connectivity index is 1.78. The van der Waals surface area contributed by atoms with Crippen LogP contribution in [-0.4, -0.2) is 18.7 Å². The Labute approximate surface area is 120 Å². The third-order valence-electron chi connectivity index (χ3n) is 2.45. The summed E-state index contributed by atoms with van der Waals surface area (Å²) in [7, 11) is 0. The molecule has 0 heterocycles. The Morgan fingerprint density at radius 3 is 2.62 bits per heavy atom. The predicted molar refractivity (Wildman–Crippen MR) is 75.0 cm³/mol. The van der Waals surface area contributed by atoms with Crippen molar-refractivity contribution >= 4 is 17.8 Å². The van der Waals surface area contributed by atoms with Crippen molar-refractivity contribution in [1.29, 1.82) is 0 Å². The van der Waals surface area contributed by atoms with Gasteiger partial charge in [0, 0.05) is 5.69 Å². The number of anilines is 1. The minimum absolute atomic E-state index is 0.302. The van der Waals surface area contributed by atoms with Gasteiger partial charge < -0.3 is 10.2 Å². The van der Waals surface area contributed by atoms with Gasteiger partial charge in [0.2, 0.25) is 0 Å². The maximum absolute atomic E-state index is 12.9. The van der Waals surface area contributed by atoms with E-state index in [9.17, 15) is 13.6 Å². The third-order valence-corrected chi connectivity index (χ3v) is 2.45. The van der Waals surface area contributed by atoms with Crippen molar-refractivity contribution in [2.75, 3.05) is 11.9 Å². The molecule has 0 spiro atoms. The van der Waals surface area contributed by atoms with Crippen LogP contribution in [0.4, 0.5) is 14.5 Å². The van der Waals surface area contributed by atoms with Crippen LogP contribution >= 0.6 is 0 Å². The van der Waals surface area contributed by atoms with Crippen molar-refractivity contribution in [3.63, 3.8) is 0 Å². The van der Waals surface area contributed by atoms with Gasteiger partial charge in [-0.05, 0) is 42.0 Å². The van der Waals surface area contributed by atoms with E-state index in [-0.39, 0.29) is 18.2 Å². The Kier molecular flexibility index (Phi) is 4.98. The molecule has 0 aliphatic carbocycles. The molecule has 4 nitrogen and oxygen atoms in total. The number of hydrogen-bond donors (Lipinski definition) is 1. The van der Waals surface area contributed by atoms with Crippen molar-refractivity contribution < 1.29 is 18.4 Å². The number of carbonyl (C=O) groups is 1. The second kappa shape index (κ2) is 7.14. The highest BCUT2D eigenvalue weighted by Crippen LogP contribution is 2.07. The molecule has 2 aromatic rings. The van der Waals surface area contributed by atoms with Gasteiger partial charge in [-0.15, -0.1) is 0 Å². The fourth-order valence-electron chi connectivity index (χ4n) is 1.51. The van der Waals surface area contributed by atoms with Crippen LogP contribution in [0.15, 0.2) is 53.7 Å². The van der Waals surface area contributed by atoms with Crippen LogP contribution in [0, 0.1) is 11.6 Å². The van der Waals surface area contributed by atoms with Crippen molar-refractivity contribution in [3.8, 4) is 0 Å². The molecule has 2 aromatic carbocycles. The highest BCUT2D eigenvalue weighted by Gasteiger charge is 2.02. The van der Waals surface area contributed by atoms with Crippen LogP contribution in [0.1, 0.15) is 5.56 Å². The van der Waals surface area contributed by atoms with Gasteiger partial charge in [0.05, 0.1) is 6.21 Å². The normalized spacial score (nSPS) is 10.6. The van der Waals surface area contributed by atoms with Gasteiger partial charge in [-0.2, -0.15) is 0 Å². The fourth-order valence-corrected chi connectivity index (χ4v) is 1.51. The lowest BCUT2D eigenvalue weighted by Gasteiger charge is -2.03. The molecule has 0 bridgehead atoms. The van der Waals surface area contributed by atoms with E-state index in [1.165, 1.54) is 48.7 Å². The van der Waals surface area contributed by atoms with E-state index in [1.807, 2.05) is 0 Å². The van der Waals surface area contributed by atoms with E-state index in [0.717, 1.165) is 0 Å². The SMILES string of the molecule is O=C(CO/N=C\c1cccc(F)c1)Nc1ccc(F)cc1. The number of nitrogens with zero attached hydrogens (tertiary/aromatic N) is 1. The molecule has 0 aromatic heterocycles. The molecular weight excluding hydrogens is 278 g/mol. The molecule has 0 atom stereocenters. The lowest BCUT2D eigenvalue weighted by molar-refractivity contribution is -0.120. The highest BCUT2D eigenvalue weighted by atomic mass is 19.1. The number of carbonyl (C=O) groups excluding carboxylic acids is 1. The van der Waals surface area contributed by atoms with Gasteiger partial charge in [0.1, 0.15) is 11.6 Å². The molecular formula is C15H12F2N2O2. The summed E-state index contributed by atoms with van der Waals surface area (Å²) < 4.78 is 25.6. The summed E-state index contributed by atoms with van der Waals surface area (Å²) in [5.41, 5.74) is 0.980. The van der Waals surface area contributed by atoms with Gasteiger partial charge >= 0.3 is 0 Å². The number of halogens is 2. The third kappa shape index (κ3) is 5.02. The summed E-state index contributed by atoms with van der Waals surface area (Å²) in [4.78, 5) is 16.3. The number of amides is 1. The summed E-state index contributed by atoms with van der Waals surface area (Å²) >= 11 is 0. The molecule has 0 aliphatic rings. The lowest BCUT2D eigenvalue weighted by Crippen LogP contribution is -2.16. The van der Waals surface area contributed by atoms with Crippen LogP contribution < -0.4 is 5.32 Å². The van der Waals surface area contributed by atoms with Crippen LogP contribution in [-0.2, 0) is 9.63 Å². The number of nitrogens with one attached hydrogen (secondary N) is 1. The number of benzene rings is 2. The average molecular weight is 290 g/mol. The molecule has 0 aliphatic heterocycles. The van der Waals surface area contributed by atoms with E-state index in [2.05, 4.69) is 10.5 Å². The smallest absolute Gasteiger partial charge is 0.265 e. The molecule has 1 N–H and O–H groups in total. The summed E-state index contributed by atoms with van der Waals surface area (Å²) in [6, 6.07) is 11.1. The van der Waals surface area contributed by atoms with Gasteiger partial charge in [-0.3, -0.25) is 4.79 Å². The molecule has 6 heteroatoms. The Bertz CT molecular complexity index is 642. The van der Waals surface area contributed by atoms with Crippen molar-refractivity contribution in [2.45, 2.75) is 0 Å².